The third-order valence-corrected chi connectivity index (χ3v) is 8.21. The number of halogens is 2. The van der Waals surface area contributed by atoms with Crippen LogP contribution in [0.15, 0.2) is 42.6 Å². The van der Waals surface area contributed by atoms with E-state index >= 15 is 0 Å². The molecule has 2 N–H and O–H groups in total. The lowest BCUT2D eigenvalue weighted by molar-refractivity contribution is -0.120. The number of anilines is 1. The van der Waals surface area contributed by atoms with E-state index in [1.54, 1.807) is 10.9 Å². The molecule has 3 aromatic rings. The molecule has 1 amide bonds. The average molecular weight is 484 g/mol. The Hall–Kier alpha value is -2.31. The van der Waals surface area contributed by atoms with Crippen LogP contribution in [0.2, 0.25) is 5.02 Å². The largest absolute Gasteiger partial charge is 0.325 e. The molecule has 0 bridgehead atoms. The van der Waals surface area contributed by atoms with Gasteiger partial charge in [-0.15, -0.1) is 11.3 Å². The molecule has 1 fully saturated rings. The summed E-state index contributed by atoms with van der Waals surface area (Å²) in [5, 5.41) is 6.64. The van der Waals surface area contributed by atoms with Crippen molar-refractivity contribution in [1.82, 2.24) is 18.8 Å². The van der Waals surface area contributed by atoms with E-state index in [2.05, 4.69) is 15.1 Å². The molecule has 0 spiro atoms. The van der Waals surface area contributed by atoms with E-state index in [0.717, 1.165) is 25.8 Å². The summed E-state index contributed by atoms with van der Waals surface area (Å²) in [6, 6.07) is 7.88. The highest BCUT2D eigenvalue weighted by molar-refractivity contribution is 7.87. The minimum atomic E-state index is -3.89. The number of thiophene rings is 1. The molecule has 0 radical (unpaired) electrons. The van der Waals surface area contributed by atoms with E-state index in [1.165, 1.54) is 30.5 Å². The van der Waals surface area contributed by atoms with Crippen LogP contribution in [0.3, 0.4) is 0 Å². The second kappa shape index (κ2) is 8.32. The summed E-state index contributed by atoms with van der Waals surface area (Å²) in [4.78, 5) is 14.6. The number of carbonyl (C=O) groups is 1. The number of nitrogens with zero attached hydrogens (tertiary/aromatic N) is 3. The van der Waals surface area contributed by atoms with E-state index in [-0.39, 0.29) is 17.1 Å². The van der Waals surface area contributed by atoms with Gasteiger partial charge in [-0.3, -0.25) is 9.48 Å². The summed E-state index contributed by atoms with van der Waals surface area (Å²) in [5.74, 6) is -1.13. The molecule has 1 saturated heterocycles. The van der Waals surface area contributed by atoms with Gasteiger partial charge in [0, 0.05) is 30.9 Å². The van der Waals surface area contributed by atoms with Crippen LogP contribution < -0.4 is 10.0 Å². The van der Waals surface area contributed by atoms with Crippen molar-refractivity contribution < 1.29 is 17.6 Å². The molecule has 2 aromatic heterocycles. The number of aryl methyl sites for hydroxylation is 1. The molecule has 8 nitrogen and oxygen atoms in total. The summed E-state index contributed by atoms with van der Waals surface area (Å²) >= 11 is 7.21. The standard InChI is InChI=1S/C19H19ClFN5O3S2/c1-25-15(7-8-22-25)18-6-5-17(30-18)14-10-16(26(2)31(28,29)24-14)19(27)23-11-3-4-13(21)12(20)9-11/h3-9,14,16,24H,10H2,1-2H3,(H,23,27)/t14-,16+/m0/s1. The SMILES string of the molecule is CN1[C@@H](C(=O)Nc2ccc(F)c(Cl)c2)C[C@@H](c2ccc(-c3ccnn3C)s2)NS1(=O)=O. The van der Waals surface area contributed by atoms with Crippen molar-refractivity contribution in [2.45, 2.75) is 18.5 Å². The Labute approximate surface area is 187 Å². The molecule has 164 valence electrons. The fourth-order valence-electron chi connectivity index (χ4n) is 3.39. The molecule has 0 saturated carbocycles. The van der Waals surface area contributed by atoms with Crippen molar-refractivity contribution in [3.05, 3.63) is 58.3 Å². The van der Waals surface area contributed by atoms with Gasteiger partial charge in [0.05, 0.1) is 21.6 Å². The highest BCUT2D eigenvalue weighted by Gasteiger charge is 2.41. The highest BCUT2D eigenvalue weighted by atomic mass is 35.5. The summed E-state index contributed by atoms with van der Waals surface area (Å²) < 4.78 is 44.1. The van der Waals surface area contributed by atoms with Crippen LogP contribution in [-0.4, -0.2) is 41.5 Å². The molecule has 1 aliphatic rings. The van der Waals surface area contributed by atoms with Crippen LogP contribution in [0.4, 0.5) is 10.1 Å². The number of nitrogens with one attached hydrogen (secondary N) is 2. The first-order valence-electron chi connectivity index (χ1n) is 9.25. The van der Waals surface area contributed by atoms with Crippen LogP contribution in [0, 0.1) is 5.82 Å². The van der Waals surface area contributed by atoms with E-state index in [1.807, 2.05) is 25.2 Å². The van der Waals surface area contributed by atoms with Crippen molar-refractivity contribution in [2.24, 2.45) is 7.05 Å². The van der Waals surface area contributed by atoms with E-state index < -0.39 is 34.0 Å². The molecule has 31 heavy (non-hydrogen) atoms. The number of benzene rings is 1. The monoisotopic (exact) mass is 483 g/mol. The van der Waals surface area contributed by atoms with Gasteiger partial charge in [-0.25, -0.2) is 4.39 Å². The molecule has 4 rings (SSSR count). The first-order chi connectivity index (χ1) is 14.7. The topological polar surface area (TPSA) is 96.3 Å². The Morgan fingerprint density at radius 3 is 2.74 bits per heavy atom. The maximum Gasteiger partial charge on any atom is 0.280 e. The van der Waals surface area contributed by atoms with Gasteiger partial charge in [0.25, 0.3) is 10.2 Å². The summed E-state index contributed by atoms with van der Waals surface area (Å²) in [6.45, 7) is 0. The smallest absolute Gasteiger partial charge is 0.280 e. The van der Waals surface area contributed by atoms with Gasteiger partial charge >= 0.3 is 0 Å². The van der Waals surface area contributed by atoms with Gasteiger partial charge in [0.2, 0.25) is 5.91 Å². The zero-order chi connectivity index (χ0) is 22.3. The number of hydrogen-bond acceptors (Lipinski definition) is 5. The quantitative estimate of drug-likeness (QED) is 0.595. The van der Waals surface area contributed by atoms with E-state index in [0.29, 0.717) is 0 Å². The third-order valence-electron chi connectivity index (χ3n) is 5.10. The Morgan fingerprint density at radius 2 is 2.06 bits per heavy atom. The molecule has 0 unspecified atom stereocenters. The van der Waals surface area contributed by atoms with Crippen molar-refractivity contribution >= 4 is 44.7 Å². The molecular formula is C19H19ClFN5O3S2. The van der Waals surface area contributed by atoms with Gasteiger partial charge in [-0.2, -0.15) is 22.5 Å². The lowest BCUT2D eigenvalue weighted by atomic mass is 10.1. The maximum atomic E-state index is 13.4. The molecule has 2 atom stereocenters. The fraction of sp³-hybridized carbons (Fsp3) is 0.263. The minimum Gasteiger partial charge on any atom is -0.325 e. The molecule has 3 heterocycles. The third kappa shape index (κ3) is 4.37. The van der Waals surface area contributed by atoms with Crippen molar-refractivity contribution in [1.29, 1.82) is 0 Å². The number of hydrogen-bond donors (Lipinski definition) is 2. The molecule has 0 aliphatic carbocycles. The molecule has 1 aliphatic heterocycles. The Morgan fingerprint density at radius 1 is 1.29 bits per heavy atom. The zero-order valence-corrected chi connectivity index (χ0v) is 18.9. The number of likely N-dealkylation sites (N-methyl/N-ethyl adjacent to an activating group) is 1. The van der Waals surface area contributed by atoms with Gasteiger partial charge in [0.1, 0.15) is 11.9 Å². The Bertz CT molecular complexity index is 1240. The van der Waals surface area contributed by atoms with Crippen LogP contribution in [0.25, 0.3) is 10.6 Å². The summed E-state index contributed by atoms with van der Waals surface area (Å²) in [5.41, 5.74) is 1.20. The van der Waals surface area contributed by atoms with Crippen molar-refractivity contribution in [3.63, 3.8) is 0 Å². The highest BCUT2D eigenvalue weighted by Crippen LogP contribution is 2.36. The second-order valence-corrected chi connectivity index (χ2v) is 10.4. The Balaban J connectivity index is 1.58. The molecule has 12 heteroatoms. The van der Waals surface area contributed by atoms with E-state index in [9.17, 15) is 17.6 Å². The number of rotatable bonds is 4. The lowest BCUT2D eigenvalue weighted by Crippen LogP contribution is -2.55. The average Bonchev–Trinajstić information content (AvgIpc) is 3.35. The first kappa shape index (κ1) is 21.9. The van der Waals surface area contributed by atoms with Gasteiger partial charge in [-0.05, 0) is 42.8 Å². The predicted molar refractivity (Wildman–Crippen MR) is 118 cm³/mol. The van der Waals surface area contributed by atoms with Crippen molar-refractivity contribution in [2.75, 3.05) is 12.4 Å². The minimum absolute atomic E-state index is 0.136. The van der Waals surface area contributed by atoms with Crippen LogP contribution in [0.5, 0.6) is 0 Å². The van der Waals surface area contributed by atoms with Gasteiger partial charge in [-0.1, -0.05) is 11.6 Å². The molecular weight excluding hydrogens is 465 g/mol. The number of amides is 1. The summed E-state index contributed by atoms with van der Waals surface area (Å²) in [6.07, 6.45) is 1.91. The van der Waals surface area contributed by atoms with Crippen LogP contribution in [-0.2, 0) is 22.1 Å². The van der Waals surface area contributed by atoms with Crippen molar-refractivity contribution in [3.8, 4) is 10.6 Å². The second-order valence-electron chi connectivity index (χ2n) is 7.10. The van der Waals surface area contributed by atoms with E-state index in [4.69, 9.17) is 11.6 Å². The first-order valence-corrected chi connectivity index (χ1v) is 11.9. The molecule has 1 aromatic carbocycles. The number of carbonyl (C=O) groups excluding carboxylic acids is 1. The number of aromatic nitrogens is 2. The zero-order valence-electron chi connectivity index (χ0n) is 16.5. The summed E-state index contributed by atoms with van der Waals surface area (Å²) in [7, 11) is -0.716. The maximum absolute atomic E-state index is 13.4. The Kier molecular flexibility index (Phi) is 5.88. The van der Waals surface area contributed by atoms with Crippen LogP contribution in [0.1, 0.15) is 17.3 Å². The lowest BCUT2D eigenvalue weighted by Gasteiger charge is -2.35. The van der Waals surface area contributed by atoms with Gasteiger partial charge < -0.3 is 5.32 Å². The fourth-order valence-corrected chi connectivity index (χ4v) is 6.04. The van der Waals surface area contributed by atoms with Crippen LogP contribution >= 0.6 is 22.9 Å². The normalized spacial score (nSPS) is 21.2. The predicted octanol–water partition coefficient (Wildman–Crippen LogP) is 3.16. The van der Waals surface area contributed by atoms with Gasteiger partial charge in [0.15, 0.2) is 0 Å².